The molecule has 0 amide bonds. The van der Waals surface area contributed by atoms with Gasteiger partial charge in [0.1, 0.15) is 19.8 Å². The molecule has 622 valence electrons. The van der Waals surface area contributed by atoms with Crippen molar-refractivity contribution >= 4 is 19.8 Å². The van der Waals surface area contributed by atoms with Crippen LogP contribution in [0.25, 0.3) is 0 Å². The van der Waals surface area contributed by atoms with Gasteiger partial charge in [0, 0.05) is 12.8 Å². The lowest BCUT2D eigenvalue weighted by Crippen LogP contribution is -2.37. The van der Waals surface area contributed by atoms with Crippen molar-refractivity contribution in [1.29, 1.82) is 0 Å². The number of phosphoric ester groups is 1. The third kappa shape index (κ3) is 89.9. The first-order chi connectivity index (χ1) is 51.0. The van der Waals surface area contributed by atoms with Gasteiger partial charge in [0.2, 0.25) is 0 Å². The van der Waals surface area contributed by atoms with E-state index in [1.54, 1.807) is 0 Å². The molecule has 0 saturated heterocycles. The quantitative estimate of drug-likeness (QED) is 0.0256. The van der Waals surface area contributed by atoms with Crippen LogP contribution in [0, 0.1) is 0 Å². The summed E-state index contributed by atoms with van der Waals surface area (Å²) in [5.41, 5.74) is 0. The van der Waals surface area contributed by atoms with Crippen LogP contribution in [0.3, 0.4) is 0 Å². The zero-order valence-corrected chi connectivity index (χ0v) is 72.4. The van der Waals surface area contributed by atoms with Crippen molar-refractivity contribution < 1.29 is 42.1 Å². The highest BCUT2D eigenvalue weighted by molar-refractivity contribution is 7.45. The number of esters is 2. The summed E-state index contributed by atoms with van der Waals surface area (Å²) in [4.78, 5) is 38.3. The normalized spacial score (nSPS) is 12.8. The SMILES string of the molecule is CCCCCCCCCCCCCCCCCCCCCCCCCCCCCCCCCCCCCCCCCCCC(=O)OC(COC(=O)CCCCCCCCCCCCCCCCCCCCCCCCCCCCCCCCCCCCCCCCC)COP(=O)([O-])OCC[N+](C)(C)C. The Kier molecular flexibility index (Phi) is 85.2. The number of rotatable bonds is 92. The highest BCUT2D eigenvalue weighted by Crippen LogP contribution is 2.38. The van der Waals surface area contributed by atoms with Gasteiger partial charge >= 0.3 is 11.9 Å². The summed E-state index contributed by atoms with van der Waals surface area (Å²) in [6.07, 6.45) is 110. The molecule has 0 aromatic heterocycles. The van der Waals surface area contributed by atoms with E-state index in [0.717, 1.165) is 32.1 Å². The fourth-order valence-corrected chi connectivity index (χ4v) is 16.1. The summed E-state index contributed by atoms with van der Waals surface area (Å²) in [7, 11) is 1.20. The zero-order valence-electron chi connectivity index (χ0n) is 71.5. The van der Waals surface area contributed by atoms with Crippen LogP contribution in [-0.2, 0) is 32.7 Å². The zero-order chi connectivity index (χ0) is 75.4. The minimum atomic E-state index is -4.64. The van der Waals surface area contributed by atoms with Crippen molar-refractivity contribution in [2.24, 2.45) is 0 Å². The van der Waals surface area contributed by atoms with Crippen LogP contribution in [0.2, 0.25) is 0 Å². The Bertz CT molecular complexity index is 1710. The average molecular weight is 1490 g/mol. The first-order valence-corrected chi connectivity index (χ1v) is 49.2. The molecule has 0 rings (SSSR count). The van der Waals surface area contributed by atoms with Gasteiger partial charge in [-0.25, -0.2) is 0 Å². The van der Waals surface area contributed by atoms with Gasteiger partial charge < -0.3 is 27.9 Å². The van der Waals surface area contributed by atoms with Crippen molar-refractivity contribution in [3.05, 3.63) is 0 Å². The van der Waals surface area contributed by atoms with Gasteiger partial charge in [-0.2, -0.15) is 0 Å². The molecule has 0 aliphatic rings. The van der Waals surface area contributed by atoms with E-state index in [1.807, 2.05) is 21.1 Å². The summed E-state index contributed by atoms with van der Waals surface area (Å²) >= 11 is 0. The predicted octanol–water partition coefficient (Wildman–Crippen LogP) is 31.7. The van der Waals surface area contributed by atoms with Crippen molar-refractivity contribution in [3.8, 4) is 0 Å². The molecule has 0 spiro atoms. The van der Waals surface area contributed by atoms with Gasteiger partial charge in [-0.3, -0.25) is 14.2 Å². The van der Waals surface area contributed by atoms with Gasteiger partial charge in [-0.1, -0.05) is 515 Å². The molecule has 0 saturated carbocycles. The van der Waals surface area contributed by atoms with Crippen LogP contribution in [-0.4, -0.2) is 70.0 Å². The number of likely N-dealkylation sites (N-methyl/N-ethyl adjacent to an activating group) is 1. The maximum Gasteiger partial charge on any atom is 0.306 e. The lowest BCUT2D eigenvalue weighted by Gasteiger charge is -2.28. The summed E-state index contributed by atoms with van der Waals surface area (Å²) in [5, 5.41) is 0. The molecule has 10 heteroatoms. The molecule has 0 heterocycles. The predicted molar refractivity (Wildman–Crippen MR) is 453 cm³/mol. The van der Waals surface area contributed by atoms with Gasteiger partial charge in [0.05, 0.1) is 27.7 Å². The molecule has 2 atom stereocenters. The Morgan fingerprint density at radius 1 is 0.260 bits per heavy atom. The second kappa shape index (κ2) is 86.0. The van der Waals surface area contributed by atoms with Crippen LogP contribution in [0.1, 0.15) is 540 Å². The van der Waals surface area contributed by atoms with Crippen LogP contribution >= 0.6 is 7.82 Å². The lowest BCUT2D eigenvalue weighted by molar-refractivity contribution is -0.870. The second-order valence-corrected chi connectivity index (χ2v) is 35.9. The fraction of sp³-hybridized carbons (Fsp3) is 0.979. The van der Waals surface area contributed by atoms with Crippen LogP contribution in [0.4, 0.5) is 0 Å². The van der Waals surface area contributed by atoms with Crippen molar-refractivity contribution in [1.82, 2.24) is 0 Å². The summed E-state index contributed by atoms with van der Waals surface area (Å²) in [5.74, 6) is -0.797. The van der Waals surface area contributed by atoms with E-state index in [9.17, 15) is 19.0 Å². The Labute approximate surface area is 652 Å². The number of quaternary nitrogens is 1. The Morgan fingerprint density at radius 2 is 0.433 bits per heavy atom. The van der Waals surface area contributed by atoms with Crippen molar-refractivity contribution in [3.63, 3.8) is 0 Å². The summed E-state index contributed by atoms with van der Waals surface area (Å²) in [6.45, 7) is 4.36. The van der Waals surface area contributed by atoms with Gasteiger partial charge in [-0.05, 0) is 12.8 Å². The standard InChI is InChI=1S/C94H188NO8P/c1-6-8-10-12-14-16-18-20-22-24-26-28-30-32-34-36-38-40-42-44-46-47-49-51-53-55-57-59-61-63-65-67-69-71-73-75-77-79-81-83-85-87-94(97)103-92(91-102-104(98,99)101-89-88-95(3,4)5)90-100-93(96)86-84-82-80-78-76-74-72-70-68-66-64-62-60-58-56-54-52-50-48-45-43-41-39-37-35-33-31-29-27-25-23-21-19-17-15-13-11-9-7-2/h92H,6-91H2,1-5H3. The third-order valence-electron chi connectivity index (χ3n) is 22.6. The highest BCUT2D eigenvalue weighted by Gasteiger charge is 2.22. The van der Waals surface area contributed by atoms with Gasteiger partial charge in [-0.15, -0.1) is 0 Å². The first-order valence-electron chi connectivity index (χ1n) is 47.7. The van der Waals surface area contributed by atoms with E-state index in [2.05, 4.69) is 13.8 Å². The Morgan fingerprint density at radius 3 is 0.615 bits per heavy atom. The molecule has 0 aliphatic heterocycles. The van der Waals surface area contributed by atoms with Crippen LogP contribution < -0.4 is 4.89 Å². The smallest absolute Gasteiger partial charge is 0.306 e. The maximum atomic E-state index is 12.9. The minimum absolute atomic E-state index is 0.0245. The monoisotopic (exact) mass is 1490 g/mol. The van der Waals surface area contributed by atoms with Crippen molar-refractivity contribution in [2.45, 2.75) is 546 Å². The highest BCUT2D eigenvalue weighted by atomic mass is 31.2. The molecule has 0 aliphatic carbocycles. The van der Waals surface area contributed by atoms with E-state index in [1.165, 1.54) is 475 Å². The Balaban J connectivity index is 3.78. The number of carbonyl (C=O) groups is 2. The molecule has 2 unspecified atom stereocenters. The molecule has 0 radical (unpaired) electrons. The van der Waals surface area contributed by atoms with Crippen LogP contribution in [0.5, 0.6) is 0 Å². The molecule has 0 fully saturated rings. The van der Waals surface area contributed by atoms with E-state index >= 15 is 0 Å². The van der Waals surface area contributed by atoms with E-state index in [4.69, 9.17) is 18.5 Å². The Hall–Kier alpha value is -0.990. The maximum absolute atomic E-state index is 12.9. The number of hydrogen-bond donors (Lipinski definition) is 0. The van der Waals surface area contributed by atoms with E-state index < -0.39 is 26.5 Å². The van der Waals surface area contributed by atoms with Crippen molar-refractivity contribution in [2.75, 3.05) is 47.5 Å². The molecule has 0 bridgehead atoms. The third-order valence-corrected chi connectivity index (χ3v) is 23.6. The molecule has 104 heavy (non-hydrogen) atoms. The number of ether oxygens (including phenoxy) is 2. The summed E-state index contributed by atoms with van der Waals surface area (Å²) in [6, 6.07) is 0. The van der Waals surface area contributed by atoms with E-state index in [0.29, 0.717) is 17.4 Å². The fourth-order valence-electron chi connectivity index (χ4n) is 15.4. The molecule has 0 N–H and O–H groups in total. The lowest BCUT2D eigenvalue weighted by atomic mass is 10.0. The van der Waals surface area contributed by atoms with Crippen LogP contribution in [0.15, 0.2) is 0 Å². The molecule has 9 nitrogen and oxygen atoms in total. The molecular formula is C94H188NO8P. The topological polar surface area (TPSA) is 111 Å². The molecular weight excluding hydrogens is 1300 g/mol. The second-order valence-electron chi connectivity index (χ2n) is 34.5. The minimum Gasteiger partial charge on any atom is -0.756 e. The number of unbranched alkanes of at least 4 members (excludes halogenated alkanes) is 78. The van der Waals surface area contributed by atoms with E-state index in [-0.39, 0.29) is 32.0 Å². The average Bonchev–Trinajstić information content (AvgIpc) is 0.920. The molecule has 0 aromatic rings. The van der Waals surface area contributed by atoms with Gasteiger partial charge in [0.25, 0.3) is 7.82 Å². The number of nitrogens with zero attached hydrogens (tertiary/aromatic N) is 1. The number of phosphoric acid groups is 1. The number of carbonyl (C=O) groups excluding carboxylic acids is 2. The van der Waals surface area contributed by atoms with Gasteiger partial charge in [0.15, 0.2) is 6.10 Å². The number of hydrogen-bond acceptors (Lipinski definition) is 8. The largest absolute Gasteiger partial charge is 0.756 e. The first kappa shape index (κ1) is 103. The molecule has 0 aromatic carbocycles. The summed E-state index contributed by atoms with van der Waals surface area (Å²) < 4.78 is 34.5.